The Bertz CT molecular complexity index is 962. The van der Waals surface area contributed by atoms with Crippen LogP contribution in [0, 0.1) is 11.3 Å². The summed E-state index contributed by atoms with van der Waals surface area (Å²) in [6.45, 7) is 0.567. The Labute approximate surface area is 161 Å². The number of aromatic amines is 1. The van der Waals surface area contributed by atoms with E-state index in [1.165, 1.54) is 12.1 Å². The molecule has 1 heterocycles. The fourth-order valence-electron chi connectivity index (χ4n) is 2.68. The van der Waals surface area contributed by atoms with Gasteiger partial charge in [0.15, 0.2) is 0 Å². The van der Waals surface area contributed by atoms with E-state index >= 15 is 0 Å². The third-order valence-corrected chi connectivity index (χ3v) is 4.38. The van der Waals surface area contributed by atoms with Crippen LogP contribution in [-0.2, 0) is 0 Å². The number of H-pyrrole nitrogens is 1. The van der Waals surface area contributed by atoms with E-state index in [9.17, 15) is 10.2 Å². The SMILES string of the molecule is N#CCCCCOc1ccc(-c2c[nH]nc2-c2cc(Cl)c(O)cc2O)cc1. The van der Waals surface area contributed by atoms with Crippen molar-refractivity contribution in [1.29, 1.82) is 5.26 Å². The Morgan fingerprint density at radius 1 is 1.07 bits per heavy atom. The number of phenols is 2. The number of aromatic hydroxyl groups is 2. The van der Waals surface area contributed by atoms with Gasteiger partial charge >= 0.3 is 0 Å². The molecule has 0 radical (unpaired) electrons. The topological polar surface area (TPSA) is 102 Å². The zero-order chi connectivity index (χ0) is 19.2. The van der Waals surface area contributed by atoms with E-state index in [0.29, 0.717) is 24.3 Å². The van der Waals surface area contributed by atoms with Crippen molar-refractivity contribution in [3.05, 3.63) is 47.6 Å². The van der Waals surface area contributed by atoms with Crippen LogP contribution in [0.3, 0.4) is 0 Å². The molecular formula is C20H18ClN3O3. The lowest BCUT2D eigenvalue weighted by molar-refractivity contribution is 0.307. The highest BCUT2D eigenvalue weighted by molar-refractivity contribution is 6.32. The van der Waals surface area contributed by atoms with Gasteiger partial charge in [0, 0.05) is 29.8 Å². The van der Waals surface area contributed by atoms with Crippen molar-refractivity contribution in [3.63, 3.8) is 0 Å². The first kappa shape index (κ1) is 18.6. The van der Waals surface area contributed by atoms with Gasteiger partial charge in [-0.05, 0) is 36.6 Å². The van der Waals surface area contributed by atoms with E-state index in [2.05, 4.69) is 16.3 Å². The molecule has 0 amide bonds. The number of hydrogen-bond acceptors (Lipinski definition) is 5. The maximum absolute atomic E-state index is 10.1. The number of aromatic nitrogens is 2. The van der Waals surface area contributed by atoms with Crippen LogP contribution in [0.5, 0.6) is 17.2 Å². The average molecular weight is 384 g/mol. The molecule has 0 unspecified atom stereocenters. The molecule has 0 spiro atoms. The Morgan fingerprint density at radius 2 is 1.85 bits per heavy atom. The molecule has 3 N–H and O–H groups in total. The number of hydrogen-bond donors (Lipinski definition) is 3. The summed E-state index contributed by atoms with van der Waals surface area (Å²) in [5.41, 5.74) is 2.62. The van der Waals surface area contributed by atoms with Gasteiger partial charge in [-0.2, -0.15) is 10.4 Å². The molecule has 0 saturated heterocycles. The van der Waals surface area contributed by atoms with Crippen molar-refractivity contribution < 1.29 is 14.9 Å². The van der Waals surface area contributed by atoms with E-state index in [4.69, 9.17) is 21.6 Å². The third kappa shape index (κ3) is 4.33. The predicted octanol–water partition coefficient (Wildman–Crippen LogP) is 4.88. The largest absolute Gasteiger partial charge is 0.507 e. The number of rotatable bonds is 7. The molecular weight excluding hydrogens is 366 g/mol. The van der Waals surface area contributed by atoms with Crippen molar-refractivity contribution in [2.45, 2.75) is 19.3 Å². The lowest BCUT2D eigenvalue weighted by Crippen LogP contribution is -1.96. The Balaban J connectivity index is 1.78. The van der Waals surface area contributed by atoms with Gasteiger partial charge < -0.3 is 14.9 Å². The van der Waals surface area contributed by atoms with E-state index in [0.717, 1.165) is 29.7 Å². The lowest BCUT2D eigenvalue weighted by Gasteiger charge is -2.09. The molecule has 7 heteroatoms. The highest BCUT2D eigenvalue weighted by atomic mass is 35.5. The van der Waals surface area contributed by atoms with Crippen LogP contribution in [0.2, 0.25) is 5.02 Å². The third-order valence-electron chi connectivity index (χ3n) is 4.08. The Morgan fingerprint density at radius 3 is 2.59 bits per heavy atom. The molecule has 1 aromatic heterocycles. The van der Waals surface area contributed by atoms with Gasteiger partial charge in [-0.15, -0.1) is 0 Å². The maximum atomic E-state index is 10.1. The quantitative estimate of drug-likeness (QED) is 0.504. The smallest absolute Gasteiger partial charge is 0.137 e. The second-order valence-corrected chi connectivity index (χ2v) is 6.36. The second-order valence-electron chi connectivity index (χ2n) is 5.96. The standard InChI is InChI=1S/C20H18ClN3O3/c21-17-10-15(18(25)11-19(17)26)20-16(12-23-24-20)13-4-6-14(7-5-13)27-9-3-1-2-8-22/h4-7,10-12,25-26H,1-3,9H2,(H,23,24). The van der Waals surface area contributed by atoms with E-state index in [1.54, 1.807) is 6.20 Å². The van der Waals surface area contributed by atoms with E-state index in [1.807, 2.05) is 24.3 Å². The van der Waals surface area contributed by atoms with Gasteiger partial charge in [-0.1, -0.05) is 23.7 Å². The van der Waals surface area contributed by atoms with E-state index in [-0.39, 0.29) is 16.5 Å². The summed E-state index contributed by atoms with van der Waals surface area (Å²) < 4.78 is 5.67. The molecule has 2 aromatic carbocycles. The first-order valence-corrected chi connectivity index (χ1v) is 8.83. The molecule has 3 rings (SSSR count). The molecule has 3 aromatic rings. The molecule has 27 heavy (non-hydrogen) atoms. The highest BCUT2D eigenvalue weighted by Crippen LogP contribution is 2.40. The Hall–Kier alpha value is -3.17. The van der Waals surface area contributed by atoms with Gasteiger partial charge in [0.25, 0.3) is 0 Å². The molecule has 0 fully saturated rings. The van der Waals surface area contributed by atoms with Gasteiger partial charge in [-0.25, -0.2) is 0 Å². The van der Waals surface area contributed by atoms with Crippen LogP contribution in [0.1, 0.15) is 19.3 Å². The summed E-state index contributed by atoms with van der Waals surface area (Å²) in [4.78, 5) is 0. The van der Waals surface area contributed by atoms with Crippen LogP contribution >= 0.6 is 11.6 Å². The molecule has 0 saturated carbocycles. The minimum Gasteiger partial charge on any atom is -0.507 e. The number of benzene rings is 2. The predicted molar refractivity (Wildman–Crippen MR) is 103 cm³/mol. The van der Waals surface area contributed by atoms with Gasteiger partial charge in [0.05, 0.1) is 17.7 Å². The van der Waals surface area contributed by atoms with Crippen molar-refractivity contribution in [2.24, 2.45) is 0 Å². The number of nitrogens with zero attached hydrogens (tertiary/aromatic N) is 2. The number of ether oxygens (including phenoxy) is 1. The normalized spacial score (nSPS) is 10.5. The summed E-state index contributed by atoms with van der Waals surface area (Å²) in [7, 11) is 0. The maximum Gasteiger partial charge on any atom is 0.137 e. The molecule has 0 aliphatic carbocycles. The summed E-state index contributed by atoms with van der Waals surface area (Å²) in [6, 6.07) is 12.3. The fraction of sp³-hybridized carbons (Fsp3) is 0.200. The monoisotopic (exact) mass is 383 g/mol. The molecule has 138 valence electrons. The number of halogens is 1. The number of phenolic OH excluding ortho intramolecular Hbond substituents is 2. The zero-order valence-electron chi connectivity index (χ0n) is 14.4. The Kier molecular flexibility index (Phi) is 5.84. The summed E-state index contributed by atoms with van der Waals surface area (Å²) in [5.74, 6) is 0.449. The molecule has 0 atom stereocenters. The minimum absolute atomic E-state index is 0.109. The molecule has 0 aliphatic rings. The van der Waals surface area contributed by atoms with Gasteiger partial charge in [0.2, 0.25) is 0 Å². The molecule has 0 aliphatic heterocycles. The molecule has 0 bridgehead atoms. The first-order valence-electron chi connectivity index (χ1n) is 8.46. The van der Waals surface area contributed by atoms with Gasteiger partial charge in [-0.3, -0.25) is 5.10 Å². The summed E-state index contributed by atoms with van der Waals surface area (Å²) in [6.07, 6.45) is 3.93. The lowest BCUT2D eigenvalue weighted by atomic mass is 10.0. The average Bonchev–Trinajstić information content (AvgIpc) is 3.14. The molecule has 6 nitrogen and oxygen atoms in total. The zero-order valence-corrected chi connectivity index (χ0v) is 15.2. The van der Waals surface area contributed by atoms with Crippen LogP contribution in [0.25, 0.3) is 22.4 Å². The first-order chi connectivity index (χ1) is 13.1. The number of unbranched alkanes of at least 4 members (excludes halogenated alkanes) is 2. The number of nitrogens with one attached hydrogen (secondary N) is 1. The van der Waals surface area contributed by atoms with Crippen molar-refractivity contribution in [2.75, 3.05) is 6.61 Å². The van der Waals surface area contributed by atoms with E-state index < -0.39 is 0 Å². The van der Waals surface area contributed by atoms with Crippen molar-refractivity contribution in [3.8, 4) is 45.7 Å². The summed E-state index contributed by atoms with van der Waals surface area (Å²) in [5, 5.41) is 35.4. The van der Waals surface area contributed by atoms with Crippen LogP contribution in [-0.4, -0.2) is 27.0 Å². The van der Waals surface area contributed by atoms with Gasteiger partial charge in [0.1, 0.15) is 22.9 Å². The highest BCUT2D eigenvalue weighted by Gasteiger charge is 2.16. The number of nitriles is 1. The fourth-order valence-corrected chi connectivity index (χ4v) is 2.85. The van der Waals surface area contributed by atoms with Crippen LogP contribution < -0.4 is 4.74 Å². The van der Waals surface area contributed by atoms with Crippen molar-refractivity contribution >= 4 is 11.6 Å². The summed E-state index contributed by atoms with van der Waals surface area (Å²) >= 11 is 5.97. The second kappa shape index (κ2) is 8.47. The minimum atomic E-state index is -0.189. The van der Waals surface area contributed by atoms with Crippen LogP contribution in [0.4, 0.5) is 0 Å². The van der Waals surface area contributed by atoms with Crippen LogP contribution in [0.15, 0.2) is 42.6 Å². The van der Waals surface area contributed by atoms with Crippen molar-refractivity contribution in [1.82, 2.24) is 10.2 Å².